The van der Waals surface area contributed by atoms with E-state index in [9.17, 15) is 14.4 Å². The summed E-state index contributed by atoms with van der Waals surface area (Å²) in [5, 5.41) is 8.71. The molecular formula is C14H18N6O3. The number of hydrogen-bond donors (Lipinski definition) is 3. The van der Waals surface area contributed by atoms with Crippen molar-refractivity contribution in [3.63, 3.8) is 0 Å². The van der Waals surface area contributed by atoms with Crippen LogP contribution in [0.2, 0.25) is 0 Å². The van der Waals surface area contributed by atoms with Gasteiger partial charge in [-0.05, 0) is 25.7 Å². The molecule has 0 radical (unpaired) electrons. The van der Waals surface area contributed by atoms with Gasteiger partial charge in [0, 0.05) is 19.3 Å². The average molecular weight is 318 g/mol. The molecule has 0 saturated heterocycles. The Labute approximate surface area is 131 Å². The number of rotatable bonds is 5. The SMILES string of the molecule is CCn1c(N)c(NC(=O)c2cn[nH]c2)c(=O)n(CC2CC2)c1=O. The van der Waals surface area contributed by atoms with Crippen molar-refractivity contribution >= 4 is 17.4 Å². The Hall–Kier alpha value is -2.84. The zero-order valence-electron chi connectivity index (χ0n) is 12.7. The summed E-state index contributed by atoms with van der Waals surface area (Å²) in [6, 6.07) is 0. The molecule has 2 heterocycles. The Balaban J connectivity index is 2.06. The number of amides is 1. The van der Waals surface area contributed by atoms with E-state index in [0.717, 1.165) is 17.4 Å². The van der Waals surface area contributed by atoms with Crippen molar-refractivity contribution in [3.8, 4) is 0 Å². The molecule has 1 saturated carbocycles. The zero-order chi connectivity index (χ0) is 16.6. The predicted octanol–water partition coefficient (Wildman–Crippen LogP) is -0.00250. The van der Waals surface area contributed by atoms with Crippen molar-refractivity contribution < 1.29 is 4.79 Å². The zero-order valence-corrected chi connectivity index (χ0v) is 12.7. The number of nitrogens with two attached hydrogens (primary N) is 1. The van der Waals surface area contributed by atoms with Crippen LogP contribution in [0.15, 0.2) is 22.0 Å². The number of H-pyrrole nitrogens is 1. The van der Waals surface area contributed by atoms with Gasteiger partial charge >= 0.3 is 5.69 Å². The van der Waals surface area contributed by atoms with Gasteiger partial charge in [0.2, 0.25) is 0 Å². The third-order valence-corrected chi connectivity index (χ3v) is 3.92. The second-order valence-corrected chi connectivity index (χ2v) is 5.59. The third kappa shape index (κ3) is 2.77. The van der Waals surface area contributed by atoms with Crippen LogP contribution in [0.1, 0.15) is 30.1 Å². The van der Waals surface area contributed by atoms with E-state index in [2.05, 4.69) is 15.5 Å². The first-order valence-electron chi connectivity index (χ1n) is 7.46. The van der Waals surface area contributed by atoms with Gasteiger partial charge in [-0.25, -0.2) is 4.79 Å². The summed E-state index contributed by atoms with van der Waals surface area (Å²) >= 11 is 0. The smallest absolute Gasteiger partial charge is 0.332 e. The monoisotopic (exact) mass is 318 g/mol. The number of carbonyl (C=O) groups excluding carboxylic acids is 1. The van der Waals surface area contributed by atoms with E-state index < -0.39 is 17.2 Å². The highest BCUT2D eigenvalue weighted by molar-refractivity contribution is 6.05. The van der Waals surface area contributed by atoms with Crippen LogP contribution in [0, 0.1) is 5.92 Å². The molecule has 9 heteroatoms. The summed E-state index contributed by atoms with van der Waals surface area (Å²) in [6.07, 6.45) is 4.74. The van der Waals surface area contributed by atoms with Crippen LogP contribution in [0.4, 0.5) is 11.5 Å². The number of anilines is 2. The van der Waals surface area contributed by atoms with Gasteiger partial charge in [-0.3, -0.25) is 23.8 Å². The maximum Gasteiger partial charge on any atom is 0.332 e. The van der Waals surface area contributed by atoms with Gasteiger partial charge in [0.1, 0.15) is 11.5 Å². The highest BCUT2D eigenvalue weighted by Crippen LogP contribution is 2.29. The Morgan fingerprint density at radius 1 is 1.43 bits per heavy atom. The minimum absolute atomic E-state index is 0.0357. The highest BCUT2D eigenvalue weighted by atomic mass is 16.2. The summed E-state index contributed by atoms with van der Waals surface area (Å²) in [5.74, 6) is -0.208. The van der Waals surface area contributed by atoms with E-state index in [-0.39, 0.29) is 17.1 Å². The van der Waals surface area contributed by atoms with E-state index in [1.807, 2.05) is 0 Å². The quantitative estimate of drug-likeness (QED) is 0.715. The lowest BCUT2D eigenvalue weighted by molar-refractivity contribution is 0.102. The van der Waals surface area contributed by atoms with Crippen LogP contribution >= 0.6 is 0 Å². The Kier molecular flexibility index (Phi) is 3.77. The fourth-order valence-corrected chi connectivity index (χ4v) is 2.42. The van der Waals surface area contributed by atoms with E-state index in [1.54, 1.807) is 6.92 Å². The molecule has 0 bridgehead atoms. The van der Waals surface area contributed by atoms with Gasteiger partial charge < -0.3 is 11.1 Å². The number of nitrogen functional groups attached to an aromatic ring is 1. The van der Waals surface area contributed by atoms with Gasteiger partial charge in [-0.2, -0.15) is 5.10 Å². The molecule has 1 fully saturated rings. The topological polar surface area (TPSA) is 128 Å². The van der Waals surface area contributed by atoms with Crippen LogP contribution in [-0.4, -0.2) is 25.2 Å². The van der Waals surface area contributed by atoms with E-state index in [0.29, 0.717) is 19.0 Å². The van der Waals surface area contributed by atoms with Crippen molar-refractivity contribution in [2.45, 2.75) is 32.9 Å². The Morgan fingerprint density at radius 2 is 2.17 bits per heavy atom. The molecule has 23 heavy (non-hydrogen) atoms. The molecule has 0 unspecified atom stereocenters. The van der Waals surface area contributed by atoms with Crippen LogP contribution in [-0.2, 0) is 13.1 Å². The standard InChI is InChI=1S/C14H18N6O3/c1-2-19-11(15)10(18-12(21)9-5-16-17-6-9)13(22)20(14(19)23)7-8-3-4-8/h5-6,8H,2-4,7,15H2,1H3,(H,16,17)(H,18,21). The van der Waals surface area contributed by atoms with Crippen molar-refractivity contribution in [3.05, 3.63) is 38.8 Å². The van der Waals surface area contributed by atoms with Crippen molar-refractivity contribution in [2.24, 2.45) is 5.92 Å². The van der Waals surface area contributed by atoms with Gasteiger partial charge in [-0.15, -0.1) is 0 Å². The van der Waals surface area contributed by atoms with Crippen LogP contribution in [0.5, 0.6) is 0 Å². The Bertz CT molecular complexity index is 845. The molecule has 3 rings (SSSR count). The predicted molar refractivity (Wildman–Crippen MR) is 84.3 cm³/mol. The van der Waals surface area contributed by atoms with Gasteiger partial charge in [0.25, 0.3) is 11.5 Å². The Morgan fingerprint density at radius 3 is 2.74 bits per heavy atom. The summed E-state index contributed by atoms with van der Waals surface area (Å²) in [4.78, 5) is 37.1. The normalized spacial score (nSPS) is 14.0. The fourth-order valence-electron chi connectivity index (χ4n) is 2.42. The molecule has 1 amide bonds. The lowest BCUT2D eigenvalue weighted by Crippen LogP contribution is -2.43. The fraction of sp³-hybridized carbons (Fsp3) is 0.429. The molecule has 0 atom stereocenters. The number of carbonyl (C=O) groups is 1. The largest absolute Gasteiger partial charge is 0.383 e. The summed E-state index contributed by atoms with van der Waals surface area (Å²) < 4.78 is 2.44. The van der Waals surface area contributed by atoms with E-state index in [1.165, 1.54) is 17.0 Å². The molecule has 0 aliphatic heterocycles. The number of aromatic amines is 1. The minimum Gasteiger partial charge on any atom is -0.383 e. The summed E-state index contributed by atoms with van der Waals surface area (Å²) in [7, 11) is 0. The second kappa shape index (κ2) is 5.75. The lowest BCUT2D eigenvalue weighted by Gasteiger charge is -2.15. The molecular weight excluding hydrogens is 300 g/mol. The van der Waals surface area contributed by atoms with Gasteiger partial charge in [-0.1, -0.05) is 0 Å². The first-order chi connectivity index (χ1) is 11.0. The molecule has 1 aliphatic rings. The average Bonchev–Trinajstić information content (AvgIpc) is 3.18. The molecule has 4 N–H and O–H groups in total. The third-order valence-electron chi connectivity index (χ3n) is 3.92. The molecule has 9 nitrogen and oxygen atoms in total. The van der Waals surface area contributed by atoms with E-state index in [4.69, 9.17) is 5.73 Å². The molecule has 2 aromatic rings. The van der Waals surface area contributed by atoms with Crippen LogP contribution in [0.25, 0.3) is 0 Å². The maximum absolute atomic E-state index is 12.6. The maximum atomic E-state index is 12.6. The summed E-state index contributed by atoms with van der Waals surface area (Å²) in [6.45, 7) is 2.42. The first kappa shape index (κ1) is 15.1. The second-order valence-electron chi connectivity index (χ2n) is 5.59. The molecule has 0 aromatic carbocycles. The highest BCUT2D eigenvalue weighted by Gasteiger charge is 2.26. The van der Waals surface area contributed by atoms with Crippen molar-refractivity contribution in [2.75, 3.05) is 11.1 Å². The number of nitrogens with one attached hydrogen (secondary N) is 2. The lowest BCUT2D eigenvalue weighted by atomic mass is 10.3. The summed E-state index contributed by atoms with van der Waals surface area (Å²) in [5.41, 5.74) is 5.11. The van der Waals surface area contributed by atoms with Gasteiger partial charge in [0.15, 0.2) is 0 Å². The van der Waals surface area contributed by atoms with Crippen LogP contribution in [0.3, 0.4) is 0 Å². The number of aromatic nitrogens is 4. The molecule has 2 aromatic heterocycles. The van der Waals surface area contributed by atoms with Crippen LogP contribution < -0.4 is 22.3 Å². The molecule has 122 valence electrons. The molecule has 0 spiro atoms. The number of hydrogen-bond acceptors (Lipinski definition) is 5. The number of nitrogens with zero attached hydrogens (tertiary/aromatic N) is 3. The molecule has 1 aliphatic carbocycles. The van der Waals surface area contributed by atoms with Crippen molar-refractivity contribution in [1.29, 1.82) is 0 Å². The van der Waals surface area contributed by atoms with Crippen molar-refractivity contribution in [1.82, 2.24) is 19.3 Å². The van der Waals surface area contributed by atoms with E-state index >= 15 is 0 Å². The minimum atomic E-state index is -0.569. The van der Waals surface area contributed by atoms with Gasteiger partial charge in [0.05, 0.1) is 11.8 Å². The first-order valence-corrected chi connectivity index (χ1v) is 7.46.